The van der Waals surface area contributed by atoms with Crippen LogP contribution in [-0.2, 0) is 11.8 Å². The summed E-state index contributed by atoms with van der Waals surface area (Å²) >= 11 is 0. The van der Waals surface area contributed by atoms with Crippen LogP contribution in [0.1, 0.15) is 37.1 Å². The normalized spacial score (nSPS) is 13.5. The van der Waals surface area contributed by atoms with Crippen molar-refractivity contribution < 1.29 is 22.3 Å². The fraction of sp³-hybridized carbons (Fsp3) is 0.450. The predicted octanol–water partition coefficient (Wildman–Crippen LogP) is 5.63. The first-order valence-corrected chi connectivity index (χ1v) is 8.36. The van der Waals surface area contributed by atoms with E-state index in [4.69, 9.17) is 4.74 Å². The van der Waals surface area contributed by atoms with E-state index in [1.165, 1.54) is 31.5 Å². The van der Waals surface area contributed by atoms with Gasteiger partial charge in [-0.2, -0.15) is 13.2 Å². The van der Waals surface area contributed by atoms with Gasteiger partial charge in [0.25, 0.3) is 0 Å². The zero-order valence-corrected chi connectivity index (χ0v) is 15.3. The molecule has 2 aromatic rings. The molecule has 0 N–H and O–H groups in total. The van der Waals surface area contributed by atoms with E-state index in [1.807, 2.05) is 0 Å². The van der Waals surface area contributed by atoms with Gasteiger partial charge in [-0.3, -0.25) is 4.98 Å². The standard InChI is InChI=1S/C20H23F4NO/c1-13-6-5-9-25-17(13)10-14(20(22,23)24)12-19(2,3)16-11-15(21)7-8-18(16)26-4/h5-9,11,14H,10,12H2,1-4H3. The van der Waals surface area contributed by atoms with Crippen molar-refractivity contribution in [3.05, 3.63) is 59.2 Å². The minimum absolute atomic E-state index is 0.202. The molecule has 2 nitrogen and oxygen atoms in total. The third kappa shape index (κ3) is 4.74. The molecule has 1 aromatic carbocycles. The second-order valence-electron chi connectivity index (χ2n) is 7.14. The summed E-state index contributed by atoms with van der Waals surface area (Å²) in [6.07, 6.45) is -3.30. The van der Waals surface area contributed by atoms with Crippen LogP contribution in [0.3, 0.4) is 0 Å². The third-order valence-electron chi connectivity index (χ3n) is 4.67. The van der Waals surface area contributed by atoms with Gasteiger partial charge in [-0.1, -0.05) is 19.9 Å². The topological polar surface area (TPSA) is 22.1 Å². The van der Waals surface area contributed by atoms with Crippen LogP contribution in [0.15, 0.2) is 36.5 Å². The van der Waals surface area contributed by atoms with Crippen LogP contribution in [0.2, 0.25) is 0 Å². The average Bonchev–Trinajstić information content (AvgIpc) is 2.55. The summed E-state index contributed by atoms with van der Waals surface area (Å²) in [5.74, 6) is -1.72. The molecule has 6 heteroatoms. The lowest BCUT2D eigenvalue weighted by molar-refractivity contribution is -0.179. The number of halogens is 4. The van der Waals surface area contributed by atoms with E-state index in [0.717, 1.165) is 5.56 Å². The number of benzene rings is 1. The Morgan fingerprint density at radius 3 is 2.42 bits per heavy atom. The minimum atomic E-state index is -4.39. The SMILES string of the molecule is COc1ccc(F)cc1C(C)(C)CC(Cc1ncccc1C)C(F)(F)F. The van der Waals surface area contributed by atoms with Crippen LogP contribution in [0, 0.1) is 18.7 Å². The lowest BCUT2D eigenvalue weighted by Gasteiger charge is -2.32. The molecule has 0 aliphatic rings. The monoisotopic (exact) mass is 369 g/mol. The van der Waals surface area contributed by atoms with Crippen molar-refractivity contribution in [2.24, 2.45) is 5.92 Å². The number of nitrogens with zero attached hydrogens (tertiary/aromatic N) is 1. The summed E-state index contributed by atoms with van der Waals surface area (Å²) in [6, 6.07) is 7.37. The van der Waals surface area contributed by atoms with E-state index in [-0.39, 0.29) is 12.8 Å². The van der Waals surface area contributed by atoms with Crippen molar-refractivity contribution in [1.82, 2.24) is 4.98 Å². The molecule has 1 heterocycles. The highest BCUT2D eigenvalue weighted by Crippen LogP contribution is 2.42. The fourth-order valence-electron chi connectivity index (χ4n) is 3.20. The highest BCUT2D eigenvalue weighted by atomic mass is 19.4. The van der Waals surface area contributed by atoms with Gasteiger partial charge in [-0.15, -0.1) is 0 Å². The van der Waals surface area contributed by atoms with Gasteiger partial charge < -0.3 is 4.74 Å². The highest BCUT2D eigenvalue weighted by molar-refractivity contribution is 5.39. The Hall–Kier alpha value is -2.11. The molecule has 0 spiro atoms. The van der Waals surface area contributed by atoms with Crippen molar-refractivity contribution >= 4 is 0 Å². The molecule has 0 aliphatic carbocycles. The molecular weight excluding hydrogens is 346 g/mol. The fourth-order valence-corrected chi connectivity index (χ4v) is 3.20. The van der Waals surface area contributed by atoms with E-state index in [2.05, 4.69) is 4.98 Å². The smallest absolute Gasteiger partial charge is 0.392 e. The molecule has 1 atom stereocenters. The third-order valence-corrected chi connectivity index (χ3v) is 4.67. The minimum Gasteiger partial charge on any atom is -0.496 e. The molecule has 1 aromatic heterocycles. The molecule has 0 bridgehead atoms. The van der Waals surface area contributed by atoms with Crippen LogP contribution in [0.4, 0.5) is 17.6 Å². The molecule has 0 aliphatic heterocycles. The van der Waals surface area contributed by atoms with E-state index in [1.54, 1.807) is 32.9 Å². The maximum atomic E-state index is 13.7. The number of rotatable bonds is 6. The summed E-state index contributed by atoms with van der Waals surface area (Å²) in [7, 11) is 1.42. The van der Waals surface area contributed by atoms with Gasteiger partial charge in [-0.25, -0.2) is 4.39 Å². The van der Waals surface area contributed by atoms with Gasteiger partial charge in [0.05, 0.1) is 13.0 Å². The van der Waals surface area contributed by atoms with Crippen LogP contribution in [0.5, 0.6) is 5.75 Å². The molecule has 0 saturated heterocycles. The Morgan fingerprint density at radius 2 is 1.85 bits per heavy atom. The highest BCUT2D eigenvalue weighted by Gasteiger charge is 2.43. The molecule has 2 rings (SSSR count). The van der Waals surface area contributed by atoms with Crippen molar-refractivity contribution in [2.75, 3.05) is 7.11 Å². The molecule has 1 unspecified atom stereocenters. The lowest BCUT2D eigenvalue weighted by Crippen LogP contribution is -2.33. The summed E-state index contributed by atoms with van der Waals surface area (Å²) in [6.45, 7) is 5.10. The van der Waals surface area contributed by atoms with Gasteiger partial charge >= 0.3 is 6.18 Å². The number of pyridine rings is 1. The number of hydrogen-bond donors (Lipinski definition) is 0. The van der Waals surface area contributed by atoms with E-state index >= 15 is 0 Å². The number of aromatic nitrogens is 1. The number of methoxy groups -OCH3 is 1. The summed E-state index contributed by atoms with van der Waals surface area (Å²) in [5.41, 5.74) is 0.641. The van der Waals surface area contributed by atoms with Crippen LogP contribution < -0.4 is 4.74 Å². The first-order valence-electron chi connectivity index (χ1n) is 8.36. The second-order valence-corrected chi connectivity index (χ2v) is 7.14. The Labute approximate surface area is 151 Å². The van der Waals surface area contributed by atoms with E-state index < -0.39 is 23.3 Å². The summed E-state index contributed by atoms with van der Waals surface area (Å²) in [5, 5.41) is 0. The molecule has 26 heavy (non-hydrogen) atoms. The van der Waals surface area contributed by atoms with Crippen molar-refractivity contribution in [3.8, 4) is 5.75 Å². The average molecular weight is 369 g/mol. The lowest BCUT2D eigenvalue weighted by atomic mass is 9.75. The van der Waals surface area contributed by atoms with Gasteiger partial charge in [0.15, 0.2) is 0 Å². The van der Waals surface area contributed by atoms with Crippen LogP contribution >= 0.6 is 0 Å². The molecule has 142 valence electrons. The Bertz CT molecular complexity index is 756. The first kappa shape index (κ1) is 20.2. The first-order chi connectivity index (χ1) is 12.0. The Morgan fingerprint density at radius 1 is 1.15 bits per heavy atom. The number of hydrogen-bond acceptors (Lipinski definition) is 2. The number of alkyl halides is 3. The quantitative estimate of drug-likeness (QED) is 0.616. The maximum absolute atomic E-state index is 13.7. The van der Waals surface area contributed by atoms with Crippen molar-refractivity contribution in [3.63, 3.8) is 0 Å². The molecule has 0 amide bonds. The molecule has 0 fully saturated rings. The maximum Gasteiger partial charge on any atom is 0.392 e. The molecule has 0 radical (unpaired) electrons. The zero-order valence-electron chi connectivity index (χ0n) is 15.3. The van der Waals surface area contributed by atoms with Crippen molar-refractivity contribution in [1.29, 1.82) is 0 Å². The second kappa shape index (κ2) is 7.64. The van der Waals surface area contributed by atoms with E-state index in [0.29, 0.717) is 17.0 Å². The zero-order chi connectivity index (χ0) is 19.5. The van der Waals surface area contributed by atoms with Gasteiger partial charge in [0, 0.05) is 23.9 Å². The van der Waals surface area contributed by atoms with E-state index in [9.17, 15) is 17.6 Å². The molecular formula is C20H23F4NO. The van der Waals surface area contributed by atoms with Crippen LogP contribution in [0.25, 0.3) is 0 Å². The Kier molecular flexibility index (Phi) is 5.94. The van der Waals surface area contributed by atoms with Gasteiger partial charge in [0.2, 0.25) is 0 Å². The number of ether oxygens (including phenoxy) is 1. The predicted molar refractivity (Wildman–Crippen MR) is 92.8 cm³/mol. The molecule has 0 saturated carbocycles. The number of aryl methyl sites for hydroxylation is 1. The van der Waals surface area contributed by atoms with Crippen molar-refractivity contribution in [2.45, 2.75) is 45.2 Å². The largest absolute Gasteiger partial charge is 0.496 e. The Balaban J connectivity index is 2.36. The van der Waals surface area contributed by atoms with Gasteiger partial charge in [-0.05, 0) is 48.6 Å². The van der Waals surface area contributed by atoms with Crippen LogP contribution in [-0.4, -0.2) is 18.3 Å². The van der Waals surface area contributed by atoms with Gasteiger partial charge in [0.1, 0.15) is 11.6 Å². The summed E-state index contributed by atoms with van der Waals surface area (Å²) in [4.78, 5) is 4.10. The summed E-state index contributed by atoms with van der Waals surface area (Å²) < 4.78 is 60.1.